The molecule has 116 valence electrons. The quantitative estimate of drug-likeness (QED) is 0.476. The number of benzene rings is 1. The van der Waals surface area contributed by atoms with Gasteiger partial charge >= 0.3 is 0 Å². The Morgan fingerprint density at radius 2 is 2.05 bits per heavy atom. The number of nitrogens with two attached hydrogens (primary N) is 1. The molecule has 0 fully saturated rings. The number of nitro groups is 1. The number of carbonyl (C=O) groups is 1. The molecule has 0 aliphatic rings. The summed E-state index contributed by atoms with van der Waals surface area (Å²) in [4.78, 5) is 24.4. The van der Waals surface area contributed by atoms with Crippen LogP contribution in [0.15, 0.2) is 18.2 Å². The summed E-state index contributed by atoms with van der Waals surface area (Å²) < 4.78 is 0. The van der Waals surface area contributed by atoms with Crippen LogP contribution in [-0.2, 0) is 0 Å². The second kappa shape index (κ2) is 7.03. The molecule has 7 nitrogen and oxygen atoms in total. The molecule has 0 aliphatic carbocycles. The van der Waals surface area contributed by atoms with Crippen LogP contribution in [0.25, 0.3) is 0 Å². The molecule has 0 bridgehead atoms. The minimum Gasteiger partial charge on any atom is -0.339 e. The summed E-state index contributed by atoms with van der Waals surface area (Å²) in [6.07, 6.45) is 0.868. The lowest BCUT2D eigenvalue weighted by molar-refractivity contribution is -0.384. The molecule has 1 unspecified atom stereocenters. The molecule has 1 atom stereocenters. The fraction of sp³-hybridized carbons (Fsp3) is 0.500. The minimum atomic E-state index is -0.566. The second-order valence-electron chi connectivity index (χ2n) is 5.53. The number of hydrogen-bond donors (Lipinski definition) is 2. The van der Waals surface area contributed by atoms with Crippen LogP contribution in [0.4, 0.5) is 11.4 Å². The fourth-order valence-electron chi connectivity index (χ4n) is 2.18. The van der Waals surface area contributed by atoms with Gasteiger partial charge in [0.2, 0.25) is 0 Å². The first-order valence-electron chi connectivity index (χ1n) is 6.80. The highest BCUT2D eigenvalue weighted by molar-refractivity contribution is 5.95. The molecule has 1 rings (SSSR count). The molecular weight excluding hydrogens is 272 g/mol. The van der Waals surface area contributed by atoms with Gasteiger partial charge in [-0.05, 0) is 31.4 Å². The van der Waals surface area contributed by atoms with Gasteiger partial charge in [0.1, 0.15) is 5.69 Å². The number of nitro benzene ring substituents is 1. The Morgan fingerprint density at radius 3 is 2.52 bits per heavy atom. The standard InChI is InChI=1S/C14H22N4O3/c1-9(2)7-10(3)17(4)14(19)11-5-6-12(16-15)13(8-11)18(20)21/h5-6,8-10,16H,7,15H2,1-4H3. The third kappa shape index (κ3) is 4.16. The van der Waals surface area contributed by atoms with Crippen molar-refractivity contribution < 1.29 is 9.72 Å². The Balaban J connectivity index is 3.02. The van der Waals surface area contributed by atoms with Crippen molar-refractivity contribution in [1.82, 2.24) is 4.90 Å². The number of anilines is 1. The molecule has 0 aromatic heterocycles. The van der Waals surface area contributed by atoms with E-state index in [2.05, 4.69) is 19.3 Å². The minimum absolute atomic E-state index is 0.0591. The number of nitrogens with one attached hydrogen (secondary N) is 1. The molecule has 3 N–H and O–H groups in total. The van der Waals surface area contributed by atoms with E-state index >= 15 is 0 Å². The molecule has 0 radical (unpaired) electrons. The van der Waals surface area contributed by atoms with E-state index in [9.17, 15) is 14.9 Å². The smallest absolute Gasteiger partial charge is 0.294 e. The zero-order valence-corrected chi connectivity index (χ0v) is 12.8. The van der Waals surface area contributed by atoms with Crippen LogP contribution in [0, 0.1) is 16.0 Å². The van der Waals surface area contributed by atoms with E-state index in [0.717, 1.165) is 6.42 Å². The van der Waals surface area contributed by atoms with E-state index in [0.29, 0.717) is 5.92 Å². The van der Waals surface area contributed by atoms with Crippen molar-refractivity contribution in [2.24, 2.45) is 11.8 Å². The van der Waals surface area contributed by atoms with Crippen molar-refractivity contribution in [3.63, 3.8) is 0 Å². The number of amides is 1. The summed E-state index contributed by atoms with van der Waals surface area (Å²) in [7, 11) is 1.70. The average molecular weight is 294 g/mol. The number of carbonyl (C=O) groups excluding carboxylic acids is 1. The fourth-order valence-corrected chi connectivity index (χ4v) is 2.18. The third-order valence-corrected chi connectivity index (χ3v) is 3.39. The van der Waals surface area contributed by atoms with Gasteiger partial charge in [-0.2, -0.15) is 0 Å². The highest BCUT2D eigenvalue weighted by Gasteiger charge is 2.22. The molecule has 0 aliphatic heterocycles. The molecule has 7 heteroatoms. The lowest BCUT2D eigenvalue weighted by atomic mass is 10.0. The first kappa shape index (κ1) is 16.9. The topological polar surface area (TPSA) is 102 Å². The average Bonchev–Trinajstić information content (AvgIpc) is 2.44. The Bertz CT molecular complexity index is 531. The first-order chi connectivity index (χ1) is 9.77. The summed E-state index contributed by atoms with van der Waals surface area (Å²) in [6, 6.07) is 4.27. The van der Waals surface area contributed by atoms with Crippen molar-refractivity contribution in [2.45, 2.75) is 33.2 Å². The lowest BCUT2D eigenvalue weighted by Crippen LogP contribution is -2.35. The van der Waals surface area contributed by atoms with E-state index in [1.807, 2.05) is 6.92 Å². The predicted molar refractivity (Wildman–Crippen MR) is 81.9 cm³/mol. The van der Waals surface area contributed by atoms with Crippen molar-refractivity contribution >= 4 is 17.3 Å². The van der Waals surface area contributed by atoms with Crippen LogP contribution in [0.1, 0.15) is 37.6 Å². The Hall–Kier alpha value is -2.15. The van der Waals surface area contributed by atoms with Gasteiger partial charge in [-0.25, -0.2) is 0 Å². The maximum Gasteiger partial charge on any atom is 0.294 e. The van der Waals surface area contributed by atoms with E-state index in [1.165, 1.54) is 18.2 Å². The number of hydrogen-bond acceptors (Lipinski definition) is 5. The first-order valence-corrected chi connectivity index (χ1v) is 6.80. The van der Waals surface area contributed by atoms with E-state index in [1.54, 1.807) is 11.9 Å². The Morgan fingerprint density at radius 1 is 1.43 bits per heavy atom. The van der Waals surface area contributed by atoms with Gasteiger partial charge in [0.15, 0.2) is 0 Å². The van der Waals surface area contributed by atoms with Crippen LogP contribution < -0.4 is 11.3 Å². The molecule has 1 aromatic carbocycles. The van der Waals surface area contributed by atoms with Crippen LogP contribution >= 0.6 is 0 Å². The number of nitrogens with zero attached hydrogens (tertiary/aromatic N) is 2. The molecular formula is C14H22N4O3. The van der Waals surface area contributed by atoms with Crippen molar-refractivity contribution in [1.29, 1.82) is 0 Å². The molecule has 1 amide bonds. The van der Waals surface area contributed by atoms with Gasteiger partial charge in [-0.3, -0.25) is 20.8 Å². The SMILES string of the molecule is CC(C)CC(C)N(C)C(=O)c1ccc(NN)c([N+](=O)[O-])c1. The largest absolute Gasteiger partial charge is 0.339 e. The molecule has 0 saturated heterocycles. The van der Waals surface area contributed by atoms with Crippen LogP contribution in [0.2, 0.25) is 0 Å². The van der Waals surface area contributed by atoms with Crippen molar-refractivity contribution in [2.75, 3.05) is 12.5 Å². The zero-order valence-electron chi connectivity index (χ0n) is 12.8. The van der Waals surface area contributed by atoms with Crippen molar-refractivity contribution in [3.05, 3.63) is 33.9 Å². The van der Waals surface area contributed by atoms with Gasteiger partial charge in [-0.15, -0.1) is 0 Å². The predicted octanol–water partition coefficient (Wildman–Crippen LogP) is 2.39. The van der Waals surface area contributed by atoms with Gasteiger partial charge in [0.05, 0.1) is 4.92 Å². The third-order valence-electron chi connectivity index (χ3n) is 3.39. The number of rotatable bonds is 6. The molecule has 0 spiro atoms. The van der Waals surface area contributed by atoms with Gasteiger partial charge < -0.3 is 10.3 Å². The number of nitrogen functional groups attached to an aromatic ring is 1. The summed E-state index contributed by atoms with van der Waals surface area (Å²) in [5.41, 5.74) is 2.49. The highest BCUT2D eigenvalue weighted by atomic mass is 16.6. The lowest BCUT2D eigenvalue weighted by Gasteiger charge is -2.26. The van der Waals surface area contributed by atoms with Crippen LogP contribution in [0.5, 0.6) is 0 Å². The second-order valence-corrected chi connectivity index (χ2v) is 5.53. The van der Waals surface area contributed by atoms with Crippen molar-refractivity contribution in [3.8, 4) is 0 Å². The molecule has 1 aromatic rings. The summed E-state index contributed by atoms with van der Waals surface area (Å²) in [5, 5.41) is 11.0. The summed E-state index contributed by atoms with van der Waals surface area (Å²) in [6.45, 7) is 6.13. The van der Waals surface area contributed by atoms with E-state index < -0.39 is 4.92 Å². The van der Waals surface area contributed by atoms with Gasteiger partial charge in [-0.1, -0.05) is 13.8 Å². The summed E-state index contributed by atoms with van der Waals surface area (Å²) in [5.74, 6) is 5.45. The molecule has 0 saturated carbocycles. The maximum atomic E-state index is 12.4. The highest BCUT2D eigenvalue weighted by Crippen LogP contribution is 2.25. The van der Waals surface area contributed by atoms with Gasteiger partial charge in [0, 0.05) is 24.7 Å². The number of hydrazine groups is 1. The normalized spacial score (nSPS) is 12.1. The molecule has 0 heterocycles. The zero-order chi connectivity index (χ0) is 16.2. The molecule has 21 heavy (non-hydrogen) atoms. The summed E-state index contributed by atoms with van der Waals surface area (Å²) >= 11 is 0. The Labute approximate surface area is 124 Å². The Kier molecular flexibility index (Phi) is 5.66. The van der Waals surface area contributed by atoms with E-state index in [4.69, 9.17) is 5.84 Å². The maximum absolute atomic E-state index is 12.4. The van der Waals surface area contributed by atoms with Crippen LogP contribution in [-0.4, -0.2) is 28.8 Å². The van der Waals surface area contributed by atoms with Crippen LogP contribution in [0.3, 0.4) is 0 Å². The van der Waals surface area contributed by atoms with E-state index in [-0.39, 0.29) is 28.9 Å². The monoisotopic (exact) mass is 294 g/mol. The van der Waals surface area contributed by atoms with Gasteiger partial charge in [0.25, 0.3) is 11.6 Å².